The molecule has 20 heavy (non-hydrogen) atoms. The van der Waals surface area contributed by atoms with Crippen LogP contribution in [0.3, 0.4) is 0 Å². The second-order valence-electron chi connectivity index (χ2n) is 5.24. The van der Waals surface area contributed by atoms with E-state index < -0.39 is 0 Å². The number of nitrogens with zero attached hydrogens (tertiary/aromatic N) is 1. The van der Waals surface area contributed by atoms with Gasteiger partial charge in [0.25, 0.3) is 5.91 Å². The molecule has 106 valence electrons. The van der Waals surface area contributed by atoms with Gasteiger partial charge in [-0.15, -0.1) is 0 Å². The summed E-state index contributed by atoms with van der Waals surface area (Å²) < 4.78 is 0. The normalized spacial score (nSPS) is 15.2. The molecule has 0 aromatic heterocycles. The minimum atomic E-state index is 0.127. The summed E-state index contributed by atoms with van der Waals surface area (Å²) in [7, 11) is 0. The molecule has 1 aliphatic rings. The summed E-state index contributed by atoms with van der Waals surface area (Å²) in [5.41, 5.74) is 8.13. The second-order valence-corrected chi connectivity index (χ2v) is 5.24. The Hall–Kier alpha value is -1.79. The Bertz CT molecular complexity index is 532. The molecule has 1 aliphatic heterocycles. The molecule has 1 aromatic rings. The number of hydrogen-bond donors (Lipinski definition) is 1. The molecule has 0 bridgehead atoms. The molecule has 0 radical (unpaired) electrons. The van der Waals surface area contributed by atoms with E-state index in [1.165, 1.54) is 12.8 Å². The molecular weight excluding hydrogens is 248 g/mol. The molecule has 0 unspecified atom stereocenters. The van der Waals surface area contributed by atoms with E-state index in [1.54, 1.807) is 0 Å². The minimum absolute atomic E-state index is 0.127. The van der Waals surface area contributed by atoms with Crippen molar-refractivity contribution in [3.63, 3.8) is 0 Å². The highest BCUT2D eigenvalue weighted by molar-refractivity contribution is 5.94. The number of rotatable bonds is 1. The van der Waals surface area contributed by atoms with Gasteiger partial charge >= 0.3 is 0 Å². The first-order chi connectivity index (χ1) is 9.72. The third-order valence-corrected chi connectivity index (χ3v) is 3.70. The molecule has 2 rings (SSSR count). The Kier molecular flexibility index (Phi) is 5.20. The van der Waals surface area contributed by atoms with Crippen molar-refractivity contribution in [1.29, 1.82) is 0 Å². The van der Waals surface area contributed by atoms with Gasteiger partial charge in [0.2, 0.25) is 0 Å². The largest absolute Gasteiger partial charge is 0.339 e. The molecule has 3 nitrogen and oxygen atoms in total. The molecule has 0 aliphatic carbocycles. The van der Waals surface area contributed by atoms with Gasteiger partial charge in [0.05, 0.1) is 6.54 Å². The maximum absolute atomic E-state index is 12.5. The minimum Gasteiger partial charge on any atom is -0.339 e. The summed E-state index contributed by atoms with van der Waals surface area (Å²) in [4.78, 5) is 14.5. The summed E-state index contributed by atoms with van der Waals surface area (Å²) >= 11 is 0. The van der Waals surface area contributed by atoms with Crippen LogP contribution in [0.1, 0.15) is 47.2 Å². The molecule has 1 amide bonds. The van der Waals surface area contributed by atoms with Crippen molar-refractivity contribution in [3.8, 4) is 11.8 Å². The second kappa shape index (κ2) is 7.12. The van der Waals surface area contributed by atoms with Crippen molar-refractivity contribution in [2.24, 2.45) is 5.73 Å². The molecular formula is C17H22N2O. The first-order valence-corrected chi connectivity index (χ1v) is 7.31. The lowest BCUT2D eigenvalue weighted by Crippen LogP contribution is -2.31. The van der Waals surface area contributed by atoms with Crippen molar-refractivity contribution in [1.82, 2.24) is 4.90 Å². The lowest BCUT2D eigenvalue weighted by Gasteiger charge is -2.20. The van der Waals surface area contributed by atoms with Crippen molar-refractivity contribution in [2.45, 2.75) is 32.6 Å². The molecule has 0 saturated carbocycles. The first-order valence-electron chi connectivity index (χ1n) is 7.31. The van der Waals surface area contributed by atoms with Crippen molar-refractivity contribution in [2.75, 3.05) is 19.6 Å². The van der Waals surface area contributed by atoms with Crippen LogP contribution in [0.5, 0.6) is 0 Å². The van der Waals surface area contributed by atoms with Gasteiger partial charge in [-0.3, -0.25) is 4.79 Å². The summed E-state index contributed by atoms with van der Waals surface area (Å²) in [6.45, 7) is 4.08. The fourth-order valence-corrected chi connectivity index (χ4v) is 2.49. The molecule has 3 heteroatoms. The van der Waals surface area contributed by atoms with Gasteiger partial charge < -0.3 is 10.6 Å². The van der Waals surface area contributed by atoms with E-state index in [4.69, 9.17) is 5.73 Å². The van der Waals surface area contributed by atoms with E-state index in [-0.39, 0.29) is 5.91 Å². The number of benzene rings is 1. The quantitative estimate of drug-likeness (QED) is 0.796. The van der Waals surface area contributed by atoms with Crippen LogP contribution >= 0.6 is 0 Å². The Morgan fingerprint density at radius 2 is 1.95 bits per heavy atom. The fraction of sp³-hybridized carbons (Fsp3) is 0.471. The molecule has 1 heterocycles. The van der Waals surface area contributed by atoms with Crippen molar-refractivity contribution in [3.05, 3.63) is 34.9 Å². The third kappa shape index (κ3) is 3.61. The van der Waals surface area contributed by atoms with Gasteiger partial charge in [0, 0.05) is 24.2 Å². The van der Waals surface area contributed by atoms with Gasteiger partial charge in [-0.25, -0.2) is 0 Å². The maximum Gasteiger partial charge on any atom is 0.253 e. The third-order valence-electron chi connectivity index (χ3n) is 3.70. The van der Waals surface area contributed by atoms with E-state index >= 15 is 0 Å². The van der Waals surface area contributed by atoms with Crippen LogP contribution in [0.2, 0.25) is 0 Å². The number of nitrogens with two attached hydrogens (primary N) is 1. The molecule has 1 fully saturated rings. The van der Waals surface area contributed by atoms with Crippen LogP contribution in [0.25, 0.3) is 0 Å². The zero-order valence-corrected chi connectivity index (χ0v) is 12.1. The zero-order valence-electron chi connectivity index (χ0n) is 12.1. The summed E-state index contributed by atoms with van der Waals surface area (Å²) in [5.74, 6) is 6.02. The SMILES string of the molecule is Cc1ccc(C(=O)N2CCCCCC2)cc1C#CCN. The predicted octanol–water partition coefficient (Wildman–Crippen LogP) is 2.32. The van der Waals surface area contributed by atoms with Crippen LogP contribution in [-0.4, -0.2) is 30.4 Å². The van der Waals surface area contributed by atoms with E-state index in [2.05, 4.69) is 11.8 Å². The van der Waals surface area contributed by atoms with Gasteiger partial charge in [-0.05, 0) is 37.5 Å². The summed E-state index contributed by atoms with van der Waals surface area (Å²) in [6, 6.07) is 5.76. The number of carbonyl (C=O) groups is 1. The molecule has 0 atom stereocenters. The van der Waals surface area contributed by atoms with Gasteiger partial charge in [0.15, 0.2) is 0 Å². The monoisotopic (exact) mass is 270 g/mol. The zero-order chi connectivity index (χ0) is 14.4. The number of aryl methyl sites for hydroxylation is 1. The average Bonchev–Trinajstić information content (AvgIpc) is 2.75. The van der Waals surface area contributed by atoms with E-state index in [1.807, 2.05) is 30.0 Å². The summed E-state index contributed by atoms with van der Waals surface area (Å²) in [5, 5.41) is 0. The van der Waals surface area contributed by atoms with Gasteiger partial charge in [0.1, 0.15) is 0 Å². The topological polar surface area (TPSA) is 46.3 Å². The Balaban J connectivity index is 2.21. The predicted molar refractivity (Wildman–Crippen MR) is 81.5 cm³/mol. The number of likely N-dealkylation sites (tertiary alicyclic amines) is 1. The van der Waals surface area contributed by atoms with Crippen LogP contribution in [0.4, 0.5) is 0 Å². The lowest BCUT2D eigenvalue weighted by atomic mass is 10.0. The van der Waals surface area contributed by atoms with E-state index in [9.17, 15) is 4.79 Å². The van der Waals surface area contributed by atoms with E-state index in [0.29, 0.717) is 6.54 Å². The number of amides is 1. The smallest absolute Gasteiger partial charge is 0.253 e. The van der Waals surface area contributed by atoms with Gasteiger partial charge in [-0.1, -0.05) is 30.7 Å². The molecule has 2 N–H and O–H groups in total. The molecule has 1 aromatic carbocycles. The van der Waals surface area contributed by atoms with Crippen LogP contribution in [-0.2, 0) is 0 Å². The Morgan fingerprint density at radius 3 is 2.60 bits per heavy atom. The first kappa shape index (κ1) is 14.6. The maximum atomic E-state index is 12.5. The molecule has 1 saturated heterocycles. The average molecular weight is 270 g/mol. The van der Waals surface area contributed by atoms with Crippen LogP contribution in [0.15, 0.2) is 18.2 Å². The highest BCUT2D eigenvalue weighted by Crippen LogP contribution is 2.16. The molecule has 0 spiro atoms. The standard InChI is InChI=1S/C17H22N2O/c1-14-8-9-16(13-15(14)7-6-10-18)17(20)19-11-4-2-3-5-12-19/h8-9,13H,2-5,10-12,18H2,1H3. The van der Waals surface area contributed by atoms with Gasteiger partial charge in [-0.2, -0.15) is 0 Å². The fourth-order valence-electron chi connectivity index (χ4n) is 2.49. The number of carbonyl (C=O) groups excluding carboxylic acids is 1. The van der Waals surface area contributed by atoms with Crippen molar-refractivity contribution < 1.29 is 4.79 Å². The van der Waals surface area contributed by atoms with Crippen LogP contribution < -0.4 is 5.73 Å². The van der Waals surface area contributed by atoms with E-state index in [0.717, 1.165) is 42.6 Å². The van der Waals surface area contributed by atoms with Crippen LogP contribution in [0, 0.1) is 18.8 Å². The number of hydrogen-bond acceptors (Lipinski definition) is 2. The highest BCUT2D eigenvalue weighted by atomic mass is 16.2. The Morgan fingerprint density at radius 1 is 1.25 bits per heavy atom. The van der Waals surface area contributed by atoms with Crippen molar-refractivity contribution >= 4 is 5.91 Å². The Labute approximate surface area is 121 Å². The lowest BCUT2D eigenvalue weighted by molar-refractivity contribution is 0.0761. The highest BCUT2D eigenvalue weighted by Gasteiger charge is 2.17. The summed E-state index contributed by atoms with van der Waals surface area (Å²) in [6.07, 6.45) is 4.67.